The third kappa shape index (κ3) is 1.95. The molecule has 92 valence electrons. The van der Waals surface area contributed by atoms with Crippen LogP contribution >= 0.6 is 0 Å². The Bertz CT molecular complexity index is 440. The van der Waals surface area contributed by atoms with Crippen LogP contribution in [0, 0.1) is 6.92 Å². The van der Waals surface area contributed by atoms with Crippen LogP contribution < -0.4 is 0 Å². The number of rotatable bonds is 4. The van der Waals surface area contributed by atoms with Crippen molar-refractivity contribution in [1.82, 2.24) is 4.90 Å². The van der Waals surface area contributed by atoms with Gasteiger partial charge in [0.25, 0.3) is 0 Å². The number of carbonyl (C=O) groups is 1. The van der Waals surface area contributed by atoms with Crippen molar-refractivity contribution in [2.45, 2.75) is 38.3 Å². The van der Waals surface area contributed by atoms with Gasteiger partial charge in [0.05, 0.1) is 0 Å². The molecule has 17 heavy (non-hydrogen) atoms. The van der Waals surface area contributed by atoms with Crippen molar-refractivity contribution in [3.05, 3.63) is 35.4 Å². The Morgan fingerprint density at radius 3 is 2.47 bits per heavy atom. The van der Waals surface area contributed by atoms with Gasteiger partial charge in [0.15, 0.2) is 0 Å². The van der Waals surface area contributed by atoms with Crippen molar-refractivity contribution in [2.75, 3.05) is 7.05 Å². The van der Waals surface area contributed by atoms with Crippen molar-refractivity contribution < 1.29 is 9.90 Å². The summed E-state index contributed by atoms with van der Waals surface area (Å²) in [6.07, 6.45) is 2.20. The number of benzene rings is 1. The van der Waals surface area contributed by atoms with Gasteiger partial charge in [-0.1, -0.05) is 24.3 Å². The number of aliphatic carboxylic acids is 1. The second-order valence-corrected chi connectivity index (χ2v) is 5.03. The summed E-state index contributed by atoms with van der Waals surface area (Å²) in [5.41, 5.74) is 0.999. The highest BCUT2D eigenvalue weighted by Crippen LogP contribution is 2.38. The summed E-state index contributed by atoms with van der Waals surface area (Å²) in [6.45, 7) is 3.77. The fourth-order valence-corrected chi connectivity index (χ4v) is 2.40. The summed E-state index contributed by atoms with van der Waals surface area (Å²) in [6, 6.07) is 8.15. The van der Waals surface area contributed by atoms with Crippen LogP contribution in [0.2, 0.25) is 0 Å². The zero-order valence-corrected chi connectivity index (χ0v) is 10.6. The van der Waals surface area contributed by atoms with Crippen LogP contribution in [0.1, 0.15) is 30.9 Å². The van der Waals surface area contributed by atoms with Crippen LogP contribution in [0.15, 0.2) is 24.3 Å². The van der Waals surface area contributed by atoms with Crippen LogP contribution in [0.3, 0.4) is 0 Å². The highest BCUT2D eigenvalue weighted by atomic mass is 16.4. The third-order valence-electron chi connectivity index (χ3n) is 3.89. The molecule has 1 unspecified atom stereocenters. The van der Waals surface area contributed by atoms with Crippen LogP contribution in [-0.2, 0) is 10.3 Å². The van der Waals surface area contributed by atoms with E-state index in [-0.39, 0.29) is 0 Å². The number of likely N-dealkylation sites (N-methyl/N-ethyl adjacent to an activating group) is 1. The average Bonchev–Trinajstić information content (AvgIpc) is 3.11. The van der Waals surface area contributed by atoms with E-state index in [1.165, 1.54) is 0 Å². The van der Waals surface area contributed by atoms with Gasteiger partial charge in [-0.15, -0.1) is 0 Å². The first-order valence-corrected chi connectivity index (χ1v) is 6.00. The Balaban J connectivity index is 2.47. The fraction of sp³-hybridized carbons (Fsp3) is 0.500. The lowest BCUT2D eigenvalue weighted by molar-refractivity contribution is -0.150. The SMILES string of the molecule is Cc1ccccc1C(C)(C(=O)O)N(C)C1CC1. The predicted molar refractivity (Wildman–Crippen MR) is 67.0 cm³/mol. The van der Waals surface area contributed by atoms with Gasteiger partial charge in [0, 0.05) is 6.04 Å². The number of carboxylic acid groups (broad SMARTS) is 1. The van der Waals surface area contributed by atoms with E-state index >= 15 is 0 Å². The minimum Gasteiger partial charge on any atom is -0.480 e. The molecule has 0 saturated heterocycles. The van der Waals surface area contributed by atoms with E-state index in [1.54, 1.807) is 6.92 Å². The molecular formula is C14H19NO2. The Morgan fingerprint density at radius 2 is 2.00 bits per heavy atom. The van der Waals surface area contributed by atoms with Gasteiger partial charge in [0.2, 0.25) is 0 Å². The lowest BCUT2D eigenvalue weighted by Gasteiger charge is -2.36. The van der Waals surface area contributed by atoms with Crippen LogP contribution in [0.4, 0.5) is 0 Å². The molecule has 0 radical (unpaired) electrons. The first kappa shape index (κ1) is 12.1. The van der Waals surface area contributed by atoms with Gasteiger partial charge >= 0.3 is 5.97 Å². The average molecular weight is 233 g/mol. The van der Waals surface area contributed by atoms with Gasteiger partial charge in [-0.05, 0) is 44.9 Å². The fourth-order valence-electron chi connectivity index (χ4n) is 2.40. The summed E-state index contributed by atoms with van der Waals surface area (Å²) in [4.78, 5) is 13.7. The summed E-state index contributed by atoms with van der Waals surface area (Å²) < 4.78 is 0. The smallest absolute Gasteiger partial charge is 0.328 e. The molecular weight excluding hydrogens is 214 g/mol. The normalized spacial score (nSPS) is 19.1. The molecule has 0 aromatic heterocycles. The summed E-state index contributed by atoms with van der Waals surface area (Å²) in [5.74, 6) is -0.777. The standard InChI is InChI=1S/C14H19NO2/c1-10-6-4-5-7-12(10)14(2,13(16)17)15(3)11-8-9-11/h4-7,11H,8-9H2,1-3H3,(H,16,17). The quantitative estimate of drug-likeness (QED) is 0.868. The topological polar surface area (TPSA) is 40.5 Å². The Kier molecular flexibility index (Phi) is 2.96. The zero-order valence-electron chi connectivity index (χ0n) is 10.6. The first-order chi connectivity index (χ1) is 7.98. The molecule has 3 nitrogen and oxygen atoms in total. The van der Waals surface area contributed by atoms with Crippen LogP contribution in [0.25, 0.3) is 0 Å². The second kappa shape index (κ2) is 4.15. The summed E-state index contributed by atoms with van der Waals surface area (Å²) in [7, 11) is 1.91. The lowest BCUT2D eigenvalue weighted by atomic mass is 9.87. The molecule has 2 rings (SSSR count). The molecule has 0 bridgehead atoms. The minimum atomic E-state index is -0.924. The molecule has 1 aromatic rings. The van der Waals surface area contributed by atoms with Gasteiger partial charge in [-0.2, -0.15) is 0 Å². The van der Waals surface area contributed by atoms with Gasteiger partial charge in [-0.3, -0.25) is 4.90 Å². The molecule has 1 aliphatic rings. The number of hydrogen-bond acceptors (Lipinski definition) is 2. The van der Waals surface area contributed by atoms with Crippen LogP contribution in [0.5, 0.6) is 0 Å². The van der Waals surface area contributed by atoms with Crippen molar-refractivity contribution in [3.8, 4) is 0 Å². The maximum absolute atomic E-state index is 11.7. The zero-order chi connectivity index (χ0) is 12.6. The summed E-state index contributed by atoms with van der Waals surface area (Å²) >= 11 is 0. The van der Waals surface area contributed by atoms with Crippen molar-refractivity contribution in [3.63, 3.8) is 0 Å². The molecule has 1 aromatic carbocycles. The molecule has 0 spiro atoms. The molecule has 0 heterocycles. The van der Waals surface area contributed by atoms with E-state index in [1.807, 2.05) is 43.1 Å². The van der Waals surface area contributed by atoms with Gasteiger partial charge in [-0.25, -0.2) is 4.79 Å². The summed E-state index contributed by atoms with van der Waals surface area (Å²) in [5, 5.41) is 9.62. The van der Waals surface area contributed by atoms with Crippen molar-refractivity contribution in [2.24, 2.45) is 0 Å². The number of hydrogen-bond donors (Lipinski definition) is 1. The predicted octanol–water partition coefficient (Wildman–Crippen LogP) is 2.39. The maximum atomic E-state index is 11.7. The Hall–Kier alpha value is -1.35. The third-order valence-corrected chi connectivity index (χ3v) is 3.89. The highest BCUT2D eigenvalue weighted by Gasteiger charge is 2.46. The number of carboxylic acids is 1. The monoisotopic (exact) mass is 233 g/mol. The van der Waals surface area contributed by atoms with E-state index < -0.39 is 11.5 Å². The molecule has 1 saturated carbocycles. The molecule has 1 N–H and O–H groups in total. The molecule has 1 fully saturated rings. The highest BCUT2D eigenvalue weighted by molar-refractivity contribution is 5.81. The Labute approximate surface area is 102 Å². The molecule has 3 heteroatoms. The molecule has 1 aliphatic carbocycles. The van der Waals surface area contributed by atoms with E-state index in [0.717, 1.165) is 24.0 Å². The van der Waals surface area contributed by atoms with Gasteiger partial charge in [0.1, 0.15) is 5.54 Å². The molecule has 0 aliphatic heterocycles. The maximum Gasteiger partial charge on any atom is 0.328 e. The number of nitrogens with zero attached hydrogens (tertiary/aromatic N) is 1. The largest absolute Gasteiger partial charge is 0.480 e. The molecule has 1 atom stereocenters. The second-order valence-electron chi connectivity index (χ2n) is 5.03. The van der Waals surface area contributed by atoms with Crippen molar-refractivity contribution in [1.29, 1.82) is 0 Å². The van der Waals surface area contributed by atoms with E-state index in [4.69, 9.17) is 0 Å². The Morgan fingerprint density at radius 1 is 1.41 bits per heavy atom. The first-order valence-electron chi connectivity index (χ1n) is 6.00. The van der Waals surface area contributed by atoms with E-state index in [2.05, 4.69) is 0 Å². The van der Waals surface area contributed by atoms with Gasteiger partial charge < -0.3 is 5.11 Å². The van der Waals surface area contributed by atoms with Crippen LogP contribution in [-0.4, -0.2) is 29.1 Å². The minimum absolute atomic E-state index is 0.413. The van der Waals surface area contributed by atoms with E-state index in [0.29, 0.717) is 6.04 Å². The van der Waals surface area contributed by atoms with E-state index in [9.17, 15) is 9.90 Å². The number of aryl methyl sites for hydroxylation is 1. The lowest BCUT2D eigenvalue weighted by Crippen LogP contribution is -2.49. The molecule has 0 amide bonds. The van der Waals surface area contributed by atoms with Crippen molar-refractivity contribution >= 4 is 5.97 Å².